The molecule has 3 aromatic rings. The molecule has 0 aliphatic heterocycles. The Bertz CT molecular complexity index is 851. The van der Waals surface area contributed by atoms with Crippen molar-refractivity contribution in [2.45, 2.75) is 6.92 Å². The molecule has 6 nitrogen and oxygen atoms in total. The Balaban J connectivity index is 2.26. The quantitative estimate of drug-likeness (QED) is 0.665. The number of esters is 1. The molecule has 0 amide bonds. The first kappa shape index (κ1) is 13.8. The van der Waals surface area contributed by atoms with Crippen LogP contribution in [0.2, 0.25) is 0 Å². The van der Waals surface area contributed by atoms with Gasteiger partial charge in [-0.2, -0.15) is 0 Å². The molecule has 2 aromatic heterocycles. The second-order valence-electron chi connectivity index (χ2n) is 4.53. The summed E-state index contributed by atoms with van der Waals surface area (Å²) in [6.07, 6.45) is 0. The lowest BCUT2D eigenvalue weighted by atomic mass is 10.3. The van der Waals surface area contributed by atoms with Crippen LogP contribution in [0.1, 0.15) is 16.4 Å². The van der Waals surface area contributed by atoms with Crippen molar-refractivity contribution in [3.8, 4) is 11.6 Å². The maximum atomic E-state index is 11.8. The molecule has 0 N–H and O–H groups in total. The summed E-state index contributed by atoms with van der Waals surface area (Å²) in [5.74, 6) is 0.687. The molecule has 21 heavy (non-hydrogen) atoms. The maximum absolute atomic E-state index is 11.8. The highest BCUT2D eigenvalue weighted by atomic mass is 79.9. The predicted molar refractivity (Wildman–Crippen MR) is 80.0 cm³/mol. The van der Waals surface area contributed by atoms with E-state index in [2.05, 4.69) is 25.9 Å². The molecule has 0 aliphatic rings. The van der Waals surface area contributed by atoms with Crippen molar-refractivity contribution < 1.29 is 13.9 Å². The van der Waals surface area contributed by atoms with Crippen molar-refractivity contribution >= 4 is 32.9 Å². The molecule has 3 rings (SSSR count). The number of benzene rings is 1. The van der Waals surface area contributed by atoms with E-state index >= 15 is 0 Å². The van der Waals surface area contributed by atoms with Gasteiger partial charge in [-0.3, -0.25) is 0 Å². The molecule has 1 aromatic carbocycles. The lowest BCUT2D eigenvalue weighted by molar-refractivity contribution is 0.0595. The highest BCUT2D eigenvalue weighted by Crippen LogP contribution is 2.29. The molecule has 0 fully saturated rings. The molecule has 0 saturated heterocycles. The number of aromatic nitrogens is 3. The highest BCUT2D eigenvalue weighted by Gasteiger charge is 2.24. The molecule has 0 saturated carbocycles. The summed E-state index contributed by atoms with van der Waals surface area (Å²) in [4.78, 5) is 20.4. The largest absolute Gasteiger partial charge is 0.464 e. The van der Waals surface area contributed by atoms with Crippen molar-refractivity contribution in [2.75, 3.05) is 7.11 Å². The summed E-state index contributed by atoms with van der Waals surface area (Å²) in [6.45, 7) is 1.68. The highest BCUT2D eigenvalue weighted by molar-refractivity contribution is 9.10. The zero-order valence-corrected chi connectivity index (χ0v) is 13.3. The van der Waals surface area contributed by atoms with Crippen LogP contribution in [0.5, 0.6) is 0 Å². The van der Waals surface area contributed by atoms with Gasteiger partial charge in [-0.15, -0.1) is 0 Å². The predicted octanol–water partition coefficient (Wildman–Crippen LogP) is 3.09. The molecule has 2 heterocycles. The van der Waals surface area contributed by atoms with Gasteiger partial charge in [0.1, 0.15) is 0 Å². The summed E-state index contributed by atoms with van der Waals surface area (Å²) in [6, 6.07) is 5.78. The average Bonchev–Trinajstić information content (AvgIpc) is 2.98. The van der Waals surface area contributed by atoms with Gasteiger partial charge in [-0.1, -0.05) is 15.9 Å². The van der Waals surface area contributed by atoms with E-state index in [0.717, 1.165) is 15.5 Å². The van der Waals surface area contributed by atoms with Crippen LogP contribution >= 0.6 is 15.9 Å². The number of carbonyl (C=O) groups excluding carboxylic acids is 1. The Morgan fingerprint density at radius 3 is 2.86 bits per heavy atom. The summed E-state index contributed by atoms with van der Waals surface area (Å²) >= 11 is 3.42. The van der Waals surface area contributed by atoms with Crippen LogP contribution in [-0.2, 0) is 11.8 Å². The van der Waals surface area contributed by atoms with Gasteiger partial charge in [0.25, 0.3) is 0 Å². The average molecular weight is 350 g/mol. The summed E-state index contributed by atoms with van der Waals surface area (Å²) < 4.78 is 13.1. The number of ether oxygens (including phenoxy) is 1. The zero-order chi connectivity index (χ0) is 15.1. The number of hydrogen-bond acceptors (Lipinski definition) is 5. The van der Waals surface area contributed by atoms with E-state index in [1.165, 1.54) is 7.11 Å². The number of fused-ring (bicyclic) bond motifs is 1. The van der Waals surface area contributed by atoms with Gasteiger partial charge in [0.2, 0.25) is 5.76 Å². The SMILES string of the molecule is COC(=O)c1nc(C)oc1-c1nc2cc(Br)ccc2n1C. The molecule has 0 bridgehead atoms. The number of halogens is 1. The third-order valence-electron chi connectivity index (χ3n) is 3.16. The van der Waals surface area contributed by atoms with Crippen LogP contribution in [-0.4, -0.2) is 27.6 Å². The van der Waals surface area contributed by atoms with Gasteiger partial charge < -0.3 is 13.7 Å². The molecule has 7 heteroatoms. The first-order chi connectivity index (χ1) is 10.0. The lowest BCUT2D eigenvalue weighted by Gasteiger charge is -2.00. The van der Waals surface area contributed by atoms with Gasteiger partial charge in [-0.25, -0.2) is 14.8 Å². The van der Waals surface area contributed by atoms with E-state index in [-0.39, 0.29) is 5.69 Å². The zero-order valence-electron chi connectivity index (χ0n) is 11.7. The third kappa shape index (κ3) is 2.23. The second-order valence-corrected chi connectivity index (χ2v) is 5.45. The van der Waals surface area contributed by atoms with Crippen LogP contribution in [0.15, 0.2) is 27.1 Å². The maximum Gasteiger partial charge on any atom is 0.360 e. The fourth-order valence-electron chi connectivity index (χ4n) is 2.19. The number of methoxy groups -OCH3 is 1. The van der Waals surface area contributed by atoms with E-state index in [4.69, 9.17) is 9.15 Å². The first-order valence-electron chi connectivity index (χ1n) is 6.19. The van der Waals surface area contributed by atoms with Crippen molar-refractivity contribution in [3.05, 3.63) is 34.3 Å². The smallest absolute Gasteiger partial charge is 0.360 e. The molecule has 0 radical (unpaired) electrons. The van der Waals surface area contributed by atoms with E-state index in [0.29, 0.717) is 17.5 Å². The monoisotopic (exact) mass is 349 g/mol. The van der Waals surface area contributed by atoms with Crippen molar-refractivity contribution in [2.24, 2.45) is 7.05 Å². The van der Waals surface area contributed by atoms with Crippen LogP contribution in [0.25, 0.3) is 22.6 Å². The van der Waals surface area contributed by atoms with Crippen molar-refractivity contribution in [3.63, 3.8) is 0 Å². The molecule has 0 unspecified atom stereocenters. The Labute approximate surface area is 128 Å². The van der Waals surface area contributed by atoms with Gasteiger partial charge in [0, 0.05) is 18.4 Å². The Morgan fingerprint density at radius 2 is 2.14 bits per heavy atom. The Hall–Kier alpha value is -2.15. The Kier molecular flexibility index (Phi) is 3.29. The summed E-state index contributed by atoms with van der Waals surface area (Å²) in [7, 11) is 3.17. The molecular weight excluding hydrogens is 338 g/mol. The van der Waals surface area contributed by atoms with Crippen LogP contribution in [0.4, 0.5) is 0 Å². The fourth-order valence-corrected chi connectivity index (χ4v) is 2.54. The van der Waals surface area contributed by atoms with Crippen molar-refractivity contribution in [1.82, 2.24) is 14.5 Å². The summed E-state index contributed by atoms with van der Waals surface area (Å²) in [5.41, 5.74) is 1.86. The second kappa shape index (κ2) is 5.00. The van der Waals surface area contributed by atoms with Crippen molar-refractivity contribution in [1.29, 1.82) is 0 Å². The summed E-state index contributed by atoms with van der Waals surface area (Å²) in [5, 5.41) is 0. The van der Waals surface area contributed by atoms with Gasteiger partial charge >= 0.3 is 5.97 Å². The number of oxazole rings is 1. The minimum absolute atomic E-state index is 0.132. The van der Waals surface area contributed by atoms with Gasteiger partial charge in [0.05, 0.1) is 18.1 Å². The van der Waals surface area contributed by atoms with Crippen LogP contribution in [0, 0.1) is 6.92 Å². The number of aryl methyl sites for hydroxylation is 2. The van der Waals surface area contributed by atoms with Gasteiger partial charge in [-0.05, 0) is 18.2 Å². The normalized spacial score (nSPS) is 11.0. The van der Waals surface area contributed by atoms with E-state index < -0.39 is 5.97 Å². The number of carbonyl (C=O) groups is 1. The molecule has 0 spiro atoms. The van der Waals surface area contributed by atoms with Crippen LogP contribution < -0.4 is 0 Å². The number of nitrogens with zero attached hydrogens (tertiary/aromatic N) is 3. The Morgan fingerprint density at radius 1 is 1.38 bits per heavy atom. The van der Waals surface area contributed by atoms with E-state index in [1.807, 2.05) is 29.8 Å². The molecule has 108 valence electrons. The first-order valence-corrected chi connectivity index (χ1v) is 6.98. The molecule has 0 atom stereocenters. The van der Waals surface area contributed by atoms with E-state index in [1.54, 1.807) is 6.92 Å². The topological polar surface area (TPSA) is 70.2 Å². The number of hydrogen-bond donors (Lipinski definition) is 0. The third-order valence-corrected chi connectivity index (χ3v) is 3.65. The standard InChI is InChI=1S/C14H12BrN3O3/c1-7-16-11(14(19)20-3)12(21-7)13-17-9-6-8(15)4-5-10(9)18(13)2/h4-6H,1-3H3. The van der Waals surface area contributed by atoms with E-state index in [9.17, 15) is 4.79 Å². The van der Waals surface area contributed by atoms with Crippen LogP contribution in [0.3, 0.4) is 0 Å². The number of imidazole rings is 1. The number of rotatable bonds is 2. The molecular formula is C14H12BrN3O3. The minimum Gasteiger partial charge on any atom is -0.464 e. The lowest BCUT2D eigenvalue weighted by Crippen LogP contribution is -2.05. The minimum atomic E-state index is -0.546. The molecule has 0 aliphatic carbocycles. The van der Waals surface area contributed by atoms with Gasteiger partial charge in [0.15, 0.2) is 17.4 Å². The fraction of sp³-hybridized carbons (Fsp3) is 0.214.